The summed E-state index contributed by atoms with van der Waals surface area (Å²) in [6.07, 6.45) is 1.85. The molecule has 0 unspecified atom stereocenters. The average Bonchev–Trinajstić information content (AvgIpc) is 3.85. The lowest BCUT2D eigenvalue weighted by Crippen LogP contribution is -1.91. The third-order valence-corrected chi connectivity index (χ3v) is 10.1. The van der Waals surface area contributed by atoms with Crippen molar-refractivity contribution >= 4 is 76.4 Å². The molecule has 0 saturated heterocycles. The summed E-state index contributed by atoms with van der Waals surface area (Å²) in [7, 11) is 0. The zero-order chi connectivity index (χ0) is 32.1. The second-order valence-electron chi connectivity index (χ2n) is 12.8. The van der Waals surface area contributed by atoms with Crippen LogP contribution in [0.3, 0.4) is 0 Å². The van der Waals surface area contributed by atoms with Gasteiger partial charge in [0.2, 0.25) is 0 Å². The summed E-state index contributed by atoms with van der Waals surface area (Å²) in [5, 5.41) is 10.2. The van der Waals surface area contributed by atoms with E-state index in [-0.39, 0.29) is 0 Å². The van der Waals surface area contributed by atoms with Crippen molar-refractivity contribution in [2.24, 2.45) is 0 Å². The van der Waals surface area contributed by atoms with E-state index in [1.807, 2.05) is 24.5 Å². The van der Waals surface area contributed by atoms with Crippen LogP contribution in [0.2, 0.25) is 0 Å². The maximum atomic E-state index is 6.61. The third-order valence-electron chi connectivity index (χ3n) is 10.1. The smallest absolute Gasteiger partial charge is 0.136 e. The fraction of sp³-hybridized carbons (Fsp3) is 0. The van der Waals surface area contributed by atoms with Crippen LogP contribution in [0, 0.1) is 0 Å². The lowest BCUT2D eigenvalue weighted by Gasteiger charge is -2.18. The molecule has 8 aromatic carbocycles. The van der Waals surface area contributed by atoms with E-state index < -0.39 is 0 Å². The molecule has 228 valence electrons. The highest BCUT2D eigenvalue weighted by Gasteiger charge is 2.22. The van der Waals surface area contributed by atoms with E-state index in [1.165, 1.54) is 32.7 Å². The number of furan rings is 3. The molecule has 0 radical (unpaired) electrons. The Morgan fingerprint density at radius 3 is 1.67 bits per heavy atom. The van der Waals surface area contributed by atoms with Gasteiger partial charge in [-0.3, -0.25) is 0 Å². The molecule has 3 nitrogen and oxygen atoms in total. The molecule has 0 spiro atoms. The molecule has 3 heterocycles. The predicted octanol–water partition coefficient (Wildman–Crippen LogP) is 13.5. The van der Waals surface area contributed by atoms with Crippen molar-refractivity contribution < 1.29 is 13.3 Å². The molecule has 0 saturated carbocycles. The van der Waals surface area contributed by atoms with Crippen LogP contribution in [0.15, 0.2) is 171 Å². The van der Waals surface area contributed by atoms with Gasteiger partial charge in [-0.25, -0.2) is 0 Å². The van der Waals surface area contributed by atoms with Gasteiger partial charge >= 0.3 is 0 Å². The molecule has 0 bridgehead atoms. The van der Waals surface area contributed by atoms with E-state index in [1.54, 1.807) is 0 Å². The second-order valence-corrected chi connectivity index (χ2v) is 12.8. The molecule has 0 amide bonds. The van der Waals surface area contributed by atoms with E-state index in [2.05, 4.69) is 133 Å². The lowest BCUT2D eigenvalue weighted by atomic mass is 9.85. The Bertz CT molecular complexity index is 3040. The lowest BCUT2D eigenvalue weighted by molar-refractivity contribution is 0.617. The molecular weight excluding hydrogens is 601 g/mol. The minimum atomic E-state index is 0.842. The van der Waals surface area contributed by atoms with Gasteiger partial charge in [0.15, 0.2) is 0 Å². The number of rotatable bonds is 3. The van der Waals surface area contributed by atoms with Gasteiger partial charge in [0.05, 0.1) is 6.26 Å². The highest BCUT2D eigenvalue weighted by atomic mass is 16.3. The maximum absolute atomic E-state index is 6.61. The van der Waals surface area contributed by atoms with Gasteiger partial charge in [-0.05, 0) is 85.8 Å². The first kappa shape index (κ1) is 26.5. The molecular formula is C46H26O3. The fourth-order valence-corrected chi connectivity index (χ4v) is 8.01. The SMILES string of the molecule is c1ccc(-c2coc3cc4c(cc23)oc2cccc(-c3c5ccccc5c(-c5ccc6c(c5)oc5ccccc56)c5ccccc35)c24)cc1. The Hall–Kier alpha value is -6.58. The highest BCUT2D eigenvalue weighted by Crippen LogP contribution is 2.48. The highest BCUT2D eigenvalue weighted by molar-refractivity contribution is 6.26. The first-order valence-corrected chi connectivity index (χ1v) is 16.6. The van der Waals surface area contributed by atoms with E-state index in [4.69, 9.17) is 13.3 Å². The van der Waals surface area contributed by atoms with Gasteiger partial charge in [0, 0.05) is 32.5 Å². The molecule has 0 N–H and O–H groups in total. The van der Waals surface area contributed by atoms with Gasteiger partial charge in [0.25, 0.3) is 0 Å². The minimum absolute atomic E-state index is 0.842. The molecule has 3 heteroatoms. The van der Waals surface area contributed by atoms with Crippen molar-refractivity contribution in [3.8, 4) is 33.4 Å². The van der Waals surface area contributed by atoms with Crippen LogP contribution in [-0.2, 0) is 0 Å². The summed E-state index contributed by atoms with van der Waals surface area (Å²) in [5.41, 5.74) is 11.2. The van der Waals surface area contributed by atoms with Gasteiger partial charge < -0.3 is 13.3 Å². The Morgan fingerprint density at radius 1 is 0.306 bits per heavy atom. The maximum Gasteiger partial charge on any atom is 0.136 e. The number of hydrogen-bond donors (Lipinski definition) is 0. The first-order chi connectivity index (χ1) is 24.3. The standard InChI is InChI=1S/C46H26O3/c1-2-11-27(12-3-1)38-26-47-41-25-37-43(24-36(38)41)49-40-20-10-18-35(46(37)40)45-33-16-6-4-14-31(33)44(32-15-5-7-17-34(32)45)28-21-22-30-29-13-8-9-19-39(29)48-42(30)23-28/h1-26H. The molecule has 0 aliphatic heterocycles. The molecule has 0 fully saturated rings. The fourth-order valence-electron chi connectivity index (χ4n) is 8.01. The van der Waals surface area contributed by atoms with Gasteiger partial charge in [-0.1, -0.05) is 115 Å². The number of para-hydroxylation sites is 1. The summed E-state index contributed by atoms with van der Waals surface area (Å²) in [6.45, 7) is 0. The van der Waals surface area contributed by atoms with E-state index in [0.29, 0.717) is 0 Å². The van der Waals surface area contributed by atoms with E-state index >= 15 is 0 Å². The summed E-state index contributed by atoms with van der Waals surface area (Å²) < 4.78 is 19.1. The van der Waals surface area contributed by atoms with E-state index in [0.717, 1.165) is 77.1 Å². The number of fused-ring (bicyclic) bond motifs is 9. The molecule has 0 aliphatic carbocycles. The monoisotopic (exact) mass is 626 g/mol. The van der Waals surface area contributed by atoms with Crippen LogP contribution in [0.25, 0.3) is 110 Å². The average molecular weight is 627 g/mol. The van der Waals surface area contributed by atoms with Crippen LogP contribution < -0.4 is 0 Å². The first-order valence-electron chi connectivity index (χ1n) is 16.6. The zero-order valence-electron chi connectivity index (χ0n) is 26.2. The van der Waals surface area contributed by atoms with Crippen molar-refractivity contribution in [2.75, 3.05) is 0 Å². The Morgan fingerprint density at radius 2 is 0.898 bits per heavy atom. The molecule has 11 aromatic rings. The predicted molar refractivity (Wildman–Crippen MR) is 202 cm³/mol. The van der Waals surface area contributed by atoms with Crippen molar-refractivity contribution in [3.05, 3.63) is 158 Å². The van der Waals surface area contributed by atoms with Gasteiger partial charge in [-0.2, -0.15) is 0 Å². The van der Waals surface area contributed by atoms with Gasteiger partial charge in [-0.15, -0.1) is 0 Å². The van der Waals surface area contributed by atoms with Crippen molar-refractivity contribution in [3.63, 3.8) is 0 Å². The van der Waals surface area contributed by atoms with Crippen LogP contribution in [0.1, 0.15) is 0 Å². The van der Waals surface area contributed by atoms with Crippen LogP contribution in [0.4, 0.5) is 0 Å². The molecule has 0 atom stereocenters. The van der Waals surface area contributed by atoms with Crippen molar-refractivity contribution in [2.45, 2.75) is 0 Å². The number of benzene rings is 8. The van der Waals surface area contributed by atoms with E-state index in [9.17, 15) is 0 Å². The van der Waals surface area contributed by atoms with Crippen LogP contribution >= 0.6 is 0 Å². The topological polar surface area (TPSA) is 39.4 Å². The normalized spacial score (nSPS) is 12.1. The molecule has 0 aliphatic rings. The zero-order valence-corrected chi connectivity index (χ0v) is 26.2. The summed E-state index contributed by atoms with van der Waals surface area (Å²) in [4.78, 5) is 0. The largest absolute Gasteiger partial charge is 0.464 e. The minimum Gasteiger partial charge on any atom is -0.464 e. The second kappa shape index (κ2) is 9.96. The van der Waals surface area contributed by atoms with Crippen molar-refractivity contribution in [1.29, 1.82) is 0 Å². The number of hydrogen-bond acceptors (Lipinski definition) is 3. The van der Waals surface area contributed by atoms with Crippen molar-refractivity contribution in [1.82, 2.24) is 0 Å². The summed E-state index contributed by atoms with van der Waals surface area (Å²) in [6, 6.07) is 53.5. The third kappa shape index (κ3) is 3.78. The Balaban J connectivity index is 1.20. The summed E-state index contributed by atoms with van der Waals surface area (Å²) in [5.74, 6) is 0. The van der Waals surface area contributed by atoms with Crippen LogP contribution in [-0.4, -0.2) is 0 Å². The molecule has 49 heavy (non-hydrogen) atoms. The van der Waals surface area contributed by atoms with Gasteiger partial charge in [0.1, 0.15) is 27.9 Å². The van der Waals surface area contributed by atoms with Crippen LogP contribution in [0.5, 0.6) is 0 Å². The molecule has 11 rings (SSSR count). The quantitative estimate of drug-likeness (QED) is 0.183. The molecule has 3 aromatic heterocycles. The summed E-state index contributed by atoms with van der Waals surface area (Å²) >= 11 is 0. The Kier molecular flexibility index (Phi) is 5.38. The Labute approximate surface area is 280 Å².